The van der Waals surface area contributed by atoms with Crippen LogP contribution >= 0.6 is 12.4 Å². The quantitative estimate of drug-likeness (QED) is 0.255. The van der Waals surface area contributed by atoms with Crippen LogP contribution < -0.4 is 5.32 Å². The van der Waals surface area contributed by atoms with Crippen molar-refractivity contribution in [1.82, 2.24) is 5.32 Å². The van der Waals surface area contributed by atoms with Gasteiger partial charge >= 0.3 is 0 Å². The zero-order valence-corrected chi connectivity index (χ0v) is 11.1. The summed E-state index contributed by atoms with van der Waals surface area (Å²) in [5.74, 6) is 0. The van der Waals surface area contributed by atoms with E-state index >= 15 is 0 Å². The lowest BCUT2D eigenvalue weighted by atomic mass is 9.76. The summed E-state index contributed by atoms with van der Waals surface area (Å²) in [6, 6.07) is -1.60. The van der Waals surface area contributed by atoms with Crippen molar-refractivity contribution in [3.05, 3.63) is 0 Å². The minimum Gasteiger partial charge on any atom is -0.395 e. The van der Waals surface area contributed by atoms with Gasteiger partial charge in [0.05, 0.1) is 32.0 Å². The monoisotopic (exact) mass is 303 g/mol. The van der Waals surface area contributed by atoms with Crippen molar-refractivity contribution in [1.29, 1.82) is 0 Å². The molecule has 1 saturated carbocycles. The molecule has 9 heteroatoms. The standard InChI is InChI=1S/C10H21NO7.ClH/c12-2-5(3-13)11-6-1-10(18,4-14)9(17)8(16)7(6)15;/h5-9,11-18H,1-4H2;1H/t6-,7-,8+,9-,10-;/m0./s1. The highest BCUT2D eigenvalue weighted by Gasteiger charge is 2.51. The molecule has 0 aliphatic heterocycles. The Morgan fingerprint density at radius 3 is 2.00 bits per heavy atom. The van der Waals surface area contributed by atoms with E-state index in [9.17, 15) is 20.4 Å². The molecule has 0 bridgehead atoms. The van der Waals surface area contributed by atoms with Gasteiger partial charge in [0.15, 0.2) is 0 Å². The molecule has 5 atom stereocenters. The Hall–Kier alpha value is -0.0300. The van der Waals surface area contributed by atoms with Crippen molar-refractivity contribution in [3.8, 4) is 0 Å². The Labute approximate surface area is 116 Å². The normalized spacial score (nSPS) is 39.2. The lowest BCUT2D eigenvalue weighted by molar-refractivity contribution is -0.207. The van der Waals surface area contributed by atoms with Crippen LogP contribution in [0.1, 0.15) is 6.42 Å². The fraction of sp³-hybridized carbons (Fsp3) is 1.00. The van der Waals surface area contributed by atoms with Crippen molar-refractivity contribution in [2.75, 3.05) is 19.8 Å². The molecule has 0 aromatic rings. The fourth-order valence-electron chi connectivity index (χ4n) is 2.15. The molecule has 8 nitrogen and oxygen atoms in total. The predicted molar refractivity (Wildman–Crippen MR) is 66.8 cm³/mol. The average molecular weight is 304 g/mol. The Balaban J connectivity index is 0.00000324. The Morgan fingerprint density at radius 2 is 1.58 bits per heavy atom. The van der Waals surface area contributed by atoms with Gasteiger partial charge in [0.1, 0.15) is 17.8 Å². The second-order valence-corrected chi connectivity index (χ2v) is 4.73. The third-order valence-corrected chi connectivity index (χ3v) is 3.37. The van der Waals surface area contributed by atoms with Gasteiger partial charge in [-0.15, -0.1) is 12.4 Å². The van der Waals surface area contributed by atoms with Gasteiger partial charge < -0.3 is 41.1 Å². The van der Waals surface area contributed by atoms with E-state index < -0.39 is 55.8 Å². The Kier molecular flexibility index (Phi) is 7.66. The van der Waals surface area contributed by atoms with Gasteiger partial charge in [-0.1, -0.05) is 0 Å². The van der Waals surface area contributed by atoms with E-state index in [-0.39, 0.29) is 18.8 Å². The van der Waals surface area contributed by atoms with Crippen LogP contribution in [-0.4, -0.2) is 91.6 Å². The molecule has 1 rings (SSSR count). The first-order chi connectivity index (χ1) is 8.39. The summed E-state index contributed by atoms with van der Waals surface area (Å²) in [7, 11) is 0. The number of aliphatic hydroxyl groups excluding tert-OH is 6. The second-order valence-electron chi connectivity index (χ2n) is 4.73. The van der Waals surface area contributed by atoms with E-state index in [1.165, 1.54) is 0 Å². The third-order valence-electron chi connectivity index (χ3n) is 3.37. The summed E-state index contributed by atoms with van der Waals surface area (Å²) in [5.41, 5.74) is -1.94. The number of hydrogen-bond acceptors (Lipinski definition) is 8. The number of rotatable bonds is 5. The van der Waals surface area contributed by atoms with Gasteiger partial charge in [-0.3, -0.25) is 0 Å². The van der Waals surface area contributed by atoms with E-state index in [0.29, 0.717) is 0 Å². The first-order valence-electron chi connectivity index (χ1n) is 5.74. The highest BCUT2D eigenvalue weighted by atomic mass is 35.5. The summed E-state index contributed by atoms with van der Waals surface area (Å²) in [6.45, 7) is -1.56. The predicted octanol–water partition coefficient (Wildman–Crippen LogP) is -4.07. The van der Waals surface area contributed by atoms with E-state index in [0.717, 1.165) is 0 Å². The maximum absolute atomic E-state index is 9.93. The molecule has 1 aliphatic rings. The molecule has 1 fully saturated rings. The van der Waals surface area contributed by atoms with Crippen molar-refractivity contribution in [3.63, 3.8) is 0 Å². The molecular formula is C10H22ClNO7. The molecule has 0 heterocycles. The lowest BCUT2D eigenvalue weighted by Crippen LogP contribution is -2.68. The van der Waals surface area contributed by atoms with Crippen molar-refractivity contribution < 1.29 is 35.7 Å². The zero-order chi connectivity index (χ0) is 13.9. The highest BCUT2D eigenvalue weighted by molar-refractivity contribution is 5.85. The average Bonchev–Trinajstić information content (AvgIpc) is 2.39. The molecule has 1 aliphatic carbocycles. The van der Waals surface area contributed by atoms with E-state index in [2.05, 4.69) is 5.32 Å². The molecule has 0 radical (unpaired) electrons. The minimum atomic E-state index is -1.94. The van der Waals surface area contributed by atoms with Gasteiger partial charge in [0.2, 0.25) is 0 Å². The maximum Gasteiger partial charge on any atom is 0.118 e. The van der Waals surface area contributed by atoms with Gasteiger partial charge in [0, 0.05) is 6.04 Å². The molecule has 0 amide bonds. The van der Waals surface area contributed by atoms with Crippen LogP contribution in [0.4, 0.5) is 0 Å². The number of aliphatic hydroxyl groups is 7. The first-order valence-corrected chi connectivity index (χ1v) is 5.74. The first kappa shape index (κ1) is 19.0. The minimum absolute atomic E-state index is 0. The lowest BCUT2D eigenvalue weighted by Gasteiger charge is -2.46. The molecule has 0 saturated heterocycles. The van der Waals surface area contributed by atoms with Crippen LogP contribution in [0.15, 0.2) is 0 Å². The highest BCUT2D eigenvalue weighted by Crippen LogP contribution is 2.29. The molecule has 19 heavy (non-hydrogen) atoms. The third kappa shape index (κ3) is 3.97. The molecule has 0 aromatic heterocycles. The maximum atomic E-state index is 9.93. The number of nitrogens with one attached hydrogen (secondary N) is 1. The van der Waals surface area contributed by atoms with Crippen LogP contribution in [-0.2, 0) is 0 Å². The van der Waals surface area contributed by atoms with E-state index in [4.69, 9.17) is 15.3 Å². The summed E-state index contributed by atoms with van der Waals surface area (Å²) in [4.78, 5) is 0. The molecule has 8 N–H and O–H groups in total. The van der Waals surface area contributed by atoms with Crippen LogP contribution in [0.2, 0.25) is 0 Å². The van der Waals surface area contributed by atoms with Crippen LogP contribution in [0, 0.1) is 0 Å². The molecular weight excluding hydrogens is 282 g/mol. The summed E-state index contributed by atoms with van der Waals surface area (Å²) >= 11 is 0. The fourth-order valence-corrected chi connectivity index (χ4v) is 2.15. The van der Waals surface area contributed by atoms with E-state index in [1.54, 1.807) is 0 Å². The SMILES string of the molecule is Cl.OCC(CO)N[C@H]1C[C@](O)(CO)[C@@H](O)[C@H](O)[C@H]1O. The summed E-state index contributed by atoms with van der Waals surface area (Å²) in [6.07, 6.45) is -4.91. The van der Waals surface area contributed by atoms with Crippen LogP contribution in [0.25, 0.3) is 0 Å². The smallest absolute Gasteiger partial charge is 0.118 e. The molecule has 0 spiro atoms. The van der Waals surface area contributed by atoms with Gasteiger partial charge in [-0.2, -0.15) is 0 Å². The molecule has 0 unspecified atom stereocenters. The van der Waals surface area contributed by atoms with Crippen molar-refractivity contribution >= 4 is 12.4 Å². The summed E-state index contributed by atoms with van der Waals surface area (Å²) in [5, 5.41) is 68.4. The number of halogens is 1. The van der Waals surface area contributed by atoms with Crippen molar-refractivity contribution in [2.45, 2.75) is 42.4 Å². The summed E-state index contributed by atoms with van der Waals surface area (Å²) < 4.78 is 0. The largest absolute Gasteiger partial charge is 0.395 e. The van der Waals surface area contributed by atoms with Gasteiger partial charge in [-0.25, -0.2) is 0 Å². The molecule has 0 aromatic carbocycles. The Morgan fingerprint density at radius 1 is 1.05 bits per heavy atom. The van der Waals surface area contributed by atoms with E-state index in [1.807, 2.05) is 0 Å². The zero-order valence-electron chi connectivity index (χ0n) is 10.3. The van der Waals surface area contributed by atoms with Crippen LogP contribution in [0.3, 0.4) is 0 Å². The molecule has 116 valence electrons. The number of hydrogen-bond donors (Lipinski definition) is 8. The van der Waals surface area contributed by atoms with Crippen molar-refractivity contribution in [2.24, 2.45) is 0 Å². The second kappa shape index (κ2) is 7.67. The van der Waals surface area contributed by atoms with Gasteiger partial charge in [0.25, 0.3) is 0 Å². The van der Waals surface area contributed by atoms with Gasteiger partial charge in [-0.05, 0) is 6.42 Å². The van der Waals surface area contributed by atoms with Crippen LogP contribution in [0.5, 0.6) is 0 Å². The topological polar surface area (TPSA) is 154 Å². The Bertz CT molecular complexity index is 268.